The van der Waals surface area contributed by atoms with E-state index in [1.165, 1.54) is 5.56 Å². The molecule has 0 radical (unpaired) electrons. The van der Waals surface area contributed by atoms with Crippen LogP contribution in [-0.2, 0) is 17.6 Å². The standard InChI is InChI=1S/C19H24N4O/c1-19(2,3)23-18(24)12-21-16-11-17(15-8-4-5-10-20-15)22-14-9-6-7-13(14)16/h4-5,8,10-11H,6-7,9,12H2,1-3H3,(H,21,22)(H,23,24). The maximum Gasteiger partial charge on any atom is 0.239 e. The number of hydrogen-bond donors (Lipinski definition) is 2. The lowest BCUT2D eigenvalue weighted by atomic mass is 10.1. The fourth-order valence-electron chi connectivity index (χ4n) is 2.98. The first kappa shape index (κ1) is 16.4. The van der Waals surface area contributed by atoms with Crippen molar-refractivity contribution in [2.45, 2.75) is 45.6 Å². The molecular formula is C19H24N4O. The molecule has 0 bridgehead atoms. The first-order valence-electron chi connectivity index (χ1n) is 8.41. The first-order chi connectivity index (χ1) is 11.4. The van der Waals surface area contributed by atoms with Gasteiger partial charge in [0.1, 0.15) is 0 Å². The monoisotopic (exact) mass is 324 g/mol. The average Bonchev–Trinajstić information content (AvgIpc) is 3.00. The second kappa shape index (κ2) is 6.59. The number of fused-ring (bicyclic) bond motifs is 1. The zero-order valence-corrected chi connectivity index (χ0v) is 14.5. The Bertz CT molecular complexity index is 735. The molecule has 2 aromatic rings. The fraction of sp³-hybridized carbons (Fsp3) is 0.421. The van der Waals surface area contributed by atoms with E-state index in [2.05, 4.69) is 15.6 Å². The van der Waals surface area contributed by atoms with Gasteiger partial charge >= 0.3 is 0 Å². The number of hydrogen-bond acceptors (Lipinski definition) is 4. The lowest BCUT2D eigenvalue weighted by Gasteiger charge is -2.21. The van der Waals surface area contributed by atoms with Gasteiger partial charge in [-0.15, -0.1) is 0 Å². The summed E-state index contributed by atoms with van der Waals surface area (Å²) >= 11 is 0. The molecular weight excluding hydrogens is 300 g/mol. The van der Waals surface area contributed by atoms with E-state index in [0.717, 1.165) is 42.0 Å². The van der Waals surface area contributed by atoms with Crippen molar-refractivity contribution in [2.75, 3.05) is 11.9 Å². The van der Waals surface area contributed by atoms with E-state index in [-0.39, 0.29) is 18.0 Å². The third-order valence-corrected chi connectivity index (χ3v) is 3.93. The minimum absolute atomic E-state index is 0.00885. The van der Waals surface area contributed by atoms with Gasteiger partial charge in [-0.3, -0.25) is 14.8 Å². The maximum atomic E-state index is 12.1. The Morgan fingerprint density at radius 3 is 2.75 bits per heavy atom. The van der Waals surface area contributed by atoms with Crippen LogP contribution in [0.25, 0.3) is 11.4 Å². The van der Waals surface area contributed by atoms with Gasteiger partial charge in [-0.25, -0.2) is 0 Å². The molecule has 0 fully saturated rings. The lowest BCUT2D eigenvalue weighted by Crippen LogP contribution is -2.43. The zero-order valence-electron chi connectivity index (χ0n) is 14.5. The Morgan fingerprint density at radius 1 is 1.21 bits per heavy atom. The number of amides is 1. The predicted octanol–water partition coefficient (Wildman–Crippen LogP) is 2.96. The number of rotatable bonds is 4. The summed E-state index contributed by atoms with van der Waals surface area (Å²) in [5.74, 6) is -0.00885. The van der Waals surface area contributed by atoms with Crippen LogP contribution in [0.15, 0.2) is 30.5 Å². The van der Waals surface area contributed by atoms with E-state index >= 15 is 0 Å². The molecule has 24 heavy (non-hydrogen) atoms. The van der Waals surface area contributed by atoms with Gasteiger partial charge in [-0.1, -0.05) is 6.07 Å². The Balaban J connectivity index is 1.82. The third-order valence-electron chi connectivity index (χ3n) is 3.93. The van der Waals surface area contributed by atoms with Gasteiger partial charge in [0.25, 0.3) is 0 Å². The van der Waals surface area contributed by atoms with Crippen molar-refractivity contribution in [3.63, 3.8) is 0 Å². The topological polar surface area (TPSA) is 66.9 Å². The molecule has 1 aliphatic rings. The number of carbonyl (C=O) groups excluding carboxylic acids is 1. The van der Waals surface area contributed by atoms with E-state index in [4.69, 9.17) is 4.98 Å². The van der Waals surface area contributed by atoms with E-state index in [9.17, 15) is 4.79 Å². The molecule has 2 N–H and O–H groups in total. The summed E-state index contributed by atoms with van der Waals surface area (Å²) in [6.45, 7) is 6.20. The molecule has 0 saturated heterocycles. The van der Waals surface area contributed by atoms with Crippen molar-refractivity contribution in [2.24, 2.45) is 0 Å². The molecule has 0 unspecified atom stereocenters. The summed E-state index contributed by atoms with van der Waals surface area (Å²) in [7, 11) is 0. The second-order valence-electron chi connectivity index (χ2n) is 7.20. The van der Waals surface area contributed by atoms with Gasteiger partial charge in [-0.2, -0.15) is 0 Å². The van der Waals surface area contributed by atoms with Crippen LogP contribution in [0.2, 0.25) is 0 Å². The van der Waals surface area contributed by atoms with E-state index in [1.54, 1.807) is 6.20 Å². The molecule has 0 saturated carbocycles. The Hall–Kier alpha value is -2.43. The Morgan fingerprint density at radius 2 is 2.04 bits per heavy atom. The van der Waals surface area contributed by atoms with Crippen LogP contribution in [0, 0.1) is 0 Å². The number of anilines is 1. The molecule has 5 heteroatoms. The van der Waals surface area contributed by atoms with Gasteiger partial charge in [0, 0.05) is 23.1 Å². The highest BCUT2D eigenvalue weighted by Gasteiger charge is 2.20. The normalized spacial score (nSPS) is 13.5. The van der Waals surface area contributed by atoms with Gasteiger partial charge in [0.15, 0.2) is 0 Å². The highest BCUT2D eigenvalue weighted by Crippen LogP contribution is 2.31. The number of carbonyl (C=O) groups is 1. The summed E-state index contributed by atoms with van der Waals surface area (Å²) in [5.41, 5.74) is 4.85. The average molecular weight is 324 g/mol. The predicted molar refractivity (Wildman–Crippen MR) is 95.9 cm³/mol. The Labute approximate surface area is 142 Å². The van der Waals surface area contributed by atoms with E-state index < -0.39 is 0 Å². The van der Waals surface area contributed by atoms with Gasteiger partial charge < -0.3 is 10.6 Å². The summed E-state index contributed by atoms with van der Waals surface area (Å²) < 4.78 is 0. The van der Waals surface area contributed by atoms with Gasteiger partial charge in [0.05, 0.1) is 17.9 Å². The maximum absolute atomic E-state index is 12.1. The largest absolute Gasteiger partial charge is 0.376 e. The minimum atomic E-state index is -0.224. The van der Waals surface area contributed by atoms with E-state index in [0.29, 0.717) is 0 Å². The number of pyridine rings is 2. The molecule has 0 aromatic carbocycles. The molecule has 1 amide bonds. The second-order valence-corrected chi connectivity index (χ2v) is 7.20. The summed E-state index contributed by atoms with van der Waals surface area (Å²) in [5, 5.41) is 6.27. The summed E-state index contributed by atoms with van der Waals surface area (Å²) in [6, 6.07) is 7.82. The molecule has 3 rings (SSSR count). The SMILES string of the molecule is CC(C)(C)NC(=O)CNc1cc(-c2ccccn2)nc2c1CCC2. The van der Waals surface area contributed by atoms with Crippen molar-refractivity contribution >= 4 is 11.6 Å². The lowest BCUT2D eigenvalue weighted by molar-refractivity contribution is -0.120. The first-order valence-corrected chi connectivity index (χ1v) is 8.41. The van der Waals surface area contributed by atoms with Crippen LogP contribution in [0.5, 0.6) is 0 Å². The number of aryl methyl sites for hydroxylation is 1. The Kier molecular flexibility index (Phi) is 4.51. The molecule has 0 aliphatic heterocycles. The van der Waals surface area contributed by atoms with Crippen molar-refractivity contribution in [1.29, 1.82) is 0 Å². The highest BCUT2D eigenvalue weighted by atomic mass is 16.2. The van der Waals surface area contributed by atoms with Crippen LogP contribution in [0.3, 0.4) is 0 Å². The van der Waals surface area contributed by atoms with Crippen LogP contribution in [0.4, 0.5) is 5.69 Å². The van der Waals surface area contributed by atoms with Gasteiger partial charge in [-0.05, 0) is 63.8 Å². The van der Waals surface area contributed by atoms with Gasteiger partial charge in [0.2, 0.25) is 5.91 Å². The fourth-order valence-corrected chi connectivity index (χ4v) is 2.98. The molecule has 5 nitrogen and oxygen atoms in total. The molecule has 0 atom stereocenters. The molecule has 0 spiro atoms. The van der Waals surface area contributed by atoms with Crippen LogP contribution >= 0.6 is 0 Å². The van der Waals surface area contributed by atoms with Crippen LogP contribution in [-0.4, -0.2) is 28.0 Å². The van der Waals surface area contributed by atoms with Crippen molar-refractivity contribution < 1.29 is 4.79 Å². The van der Waals surface area contributed by atoms with Crippen molar-refractivity contribution in [1.82, 2.24) is 15.3 Å². The minimum Gasteiger partial charge on any atom is -0.376 e. The zero-order chi connectivity index (χ0) is 17.2. The highest BCUT2D eigenvalue weighted by molar-refractivity contribution is 5.82. The molecule has 126 valence electrons. The quantitative estimate of drug-likeness (QED) is 0.907. The van der Waals surface area contributed by atoms with Crippen LogP contribution < -0.4 is 10.6 Å². The smallest absolute Gasteiger partial charge is 0.239 e. The van der Waals surface area contributed by atoms with Crippen molar-refractivity contribution in [3.05, 3.63) is 41.7 Å². The number of nitrogens with zero attached hydrogens (tertiary/aromatic N) is 2. The van der Waals surface area contributed by atoms with Crippen LogP contribution in [0.1, 0.15) is 38.4 Å². The summed E-state index contributed by atoms with van der Waals surface area (Å²) in [4.78, 5) is 21.2. The van der Waals surface area contributed by atoms with E-state index in [1.807, 2.05) is 45.0 Å². The number of aromatic nitrogens is 2. The third kappa shape index (κ3) is 3.91. The molecule has 1 aliphatic carbocycles. The molecule has 2 aromatic heterocycles. The van der Waals surface area contributed by atoms with Crippen molar-refractivity contribution in [3.8, 4) is 11.4 Å². The molecule has 2 heterocycles. The number of nitrogens with one attached hydrogen (secondary N) is 2. The summed E-state index contributed by atoms with van der Waals surface area (Å²) in [6.07, 6.45) is 4.87.